The number of halogens is 1. The number of pyridine rings is 1. The zero-order valence-corrected chi connectivity index (χ0v) is 15.8. The summed E-state index contributed by atoms with van der Waals surface area (Å²) in [6.07, 6.45) is 6.88. The van der Waals surface area contributed by atoms with E-state index in [9.17, 15) is 4.79 Å². The molecule has 1 amide bonds. The van der Waals surface area contributed by atoms with Crippen molar-refractivity contribution in [3.8, 4) is 5.75 Å². The number of ether oxygens (including phenoxy) is 1. The minimum Gasteiger partial charge on any atom is -0.496 e. The number of rotatable bonds is 5. The molecule has 5 nitrogen and oxygen atoms in total. The molecule has 1 aliphatic rings. The van der Waals surface area contributed by atoms with E-state index < -0.39 is 0 Å². The van der Waals surface area contributed by atoms with E-state index in [1.165, 1.54) is 32.8 Å². The Morgan fingerprint density at radius 1 is 1.19 bits per heavy atom. The molecule has 26 heavy (non-hydrogen) atoms. The van der Waals surface area contributed by atoms with E-state index >= 15 is 0 Å². The van der Waals surface area contributed by atoms with Crippen LogP contribution in [0.25, 0.3) is 0 Å². The first-order valence-corrected chi connectivity index (χ1v) is 9.37. The number of methoxy groups -OCH3 is 1. The first kappa shape index (κ1) is 18.5. The number of nitrogens with zero attached hydrogens (tertiary/aromatic N) is 2. The number of hydrogen-bond acceptors (Lipinski definition) is 4. The second kappa shape index (κ2) is 8.90. The highest BCUT2D eigenvalue weighted by molar-refractivity contribution is 6.30. The van der Waals surface area contributed by atoms with Crippen LogP contribution in [0.2, 0.25) is 5.02 Å². The highest BCUT2D eigenvalue weighted by atomic mass is 35.5. The van der Waals surface area contributed by atoms with Crippen LogP contribution in [0.15, 0.2) is 36.5 Å². The van der Waals surface area contributed by atoms with Gasteiger partial charge < -0.3 is 15.0 Å². The number of carbonyl (C=O) groups is 1. The highest BCUT2D eigenvalue weighted by Gasteiger charge is 2.13. The smallest absolute Gasteiger partial charge is 0.255 e. The predicted octanol–water partition coefficient (Wildman–Crippen LogP) is 4.05. The first-order chi connectivity index (χ1) is 12.7. The Balaban J connectivity index is 1.60. The van der Waals surface area contributed by atoms with Crippen LogP contribution in [0.5, 0.6) is 5.75 Å². The Hall–Kier alpha value is -2.27. The molecule has 0 unspecified atom stereocenters. The fraction of sp³-hybridized carbons (Fsp3) is 0.400. The maximum absolute atomic E-state index is 12.4. The van der Waals surface area contributed by atoms with Crippen LogP contribution in [-0.2, 0) is 6.54 Å². The summed E-state index contributed by atoms with van der Waals surface area (Å²) in [5, 5.41) is 3.44. The van der Waals surface area contributed by atoms with Gasteiger partial charge in [-0.1, -0.05) is 30.5 Å². The molecule has 1 fully saturated rings. The summed E-state index contributed by atoms with van der Waals surface area (Å²) in [6, 6.07) is 9.03. The van der Waals surface area contributed by atoms with Gasteiger partial charge in [-0.25, -0.2) is 4.98 Å². The van der Waals surface area contributed by atoms with Gasteiger partial charge in [0.25, 0.3) is 5.91 Å². The third-order valence-corrected chi connectivity index (χ3v) is 4.84. The van der Waals surface area contributed by atoms with Crippen molar-refractivity contribution in [3.05, 3.63) is 52.7 Å². The maximum Gasteiger partial charge on any atom is 0.255 e. The Labute approximate surface area is 159 Å². The van der Waals surface area contributed by atoms with E-state index in [1.807, 2.05) is 18.3 Å². The molecule has 1 aromatic heterocycles. The van der Waals surface area contributed by atoms with Crippen LogP contribution >= 0.6 is 11.6 Å². The van der Waals surface area contributed by atoms with E-state index in [-0.39, 0.29) is 5.91 Å². The number of hydrogen-bond donors (Lipinski definition) is 1. The average molecular weight is 374 g/mol. The molecule has 1 saturated heterocycles. The van der Waals surface area contributed by atoms with Crippen molar-refractivity contribution >= 4 is 23.3 Å². The van der Waals surface area contributed by atoms with Gasteiger partial charge in [-0.05, 0) is 42.7 Å². The summed E-state index contributed by atoms with van der Waals surface area (Å²) >= 11 is 5.94. The number of anilines is 1. The first-order valence-electron chi connectivity index (χ1n) is 8.99. The zero-order chi connectivity index (χ0) is 18.4. The van der Waals surface area contributed by atoms with E-state index in [0.717, 1.165) is 24.5 Å². The zero-order valence-electron chi connectivity index (χ0n) is 15.0. The van der Waals surface area contributed by atoms with Crippen LogP contribution in [0.4, 0.5) is 5.82 Å². The summed E-state index contributed by atoms with van der Waals surface area (Å²) in [7, 11) is 1.52. The number of benzene rings is 1. The molecule has 1 aliphatic heterocycles. The second-order valence-corrected chi connectivity index (χ2v) is 6.89. The Bertz CT molecular complexity index is 741. The molecule has 1 N–H and O–H groups in total. The van der Waals surface area contributed by atoms with Gasteiger partial charge in [0, 0.05) is 30.9 Å². The predicted molar refractivity (Wildman–Crippen MR) is 104 cm³/mol. The lowest BCUT2D eigenvalue weighted by molar-refractivity contribution is 0.0948. The van der Waals surface area contributed by atoms with Gasteiger partial charge in [0.15, 0.2) is 0 Å². The lowest BCUT2D eigenvalue weighted by Crippen LogP contribution is -2.25. The van der Waals surface area contributed by atoms with E-state index in [0.29, 0.717) is 22.9 Å². The van der Waals surface area contributed by atoms with Gasteiger partial charge >= 0.3 is 0 Å². The second-order valence-electron chi connectivity index (χ2n) is 6.45. The summed E-state index contributed by atoms with van der Waals surface area (Å²) in [6.45, 7) is 2.55. The Morgan fingerprint density at radius 3 is 2.62 bits per heavy atom. The Kier molecular flexibility index (Phi) is 6.34. The van der Waals surface area contributed by atoms with Gasteiger partial charge in [-0.15, -0.1) is 0 Å². The molecule has 0 atom stereocenters. The van der Waals surface area contributed by atoms with E-state index in [2.05, 4.69) is 15.2 Å². The minimum atomic E-state index is -0.199. The number of nitrogens with one attached hydrogen (secondary N) is 1. The molecule has 3 rings (SSSR count). The molecule has 0 bridgehead atoms. The molecule has 0 spiro atoms. The van der Waals surface area contributed by atoms with Gasteiger partial charge in [0.05, 0.1) is 12.7 Å². The SMILES string of the molecule is COc1cc(Cl)ccc1C(=O)NCc1ccc(N2CCCCCC2)nc1. The van der Waals surface area contributed by atoms with Crippen molar-refractivity contribution < 1.29 is 9.53 Å². The van der Waals surface area contributed by atoms with Crippen molar-refractivity contribution in [2.75, 3.05) is 25.1 Å². The summed E-state index contributed by atoms with van der Waals surface area (Å²) in [5.74, 6) is 1.28. The fourth-order valence-electron chi connectivity index (χ4n) is 3.14. The summed E-state index contributed by atoms with van der Waals surface area (Å²) in [4.78, 5) is 19.3. The van der Waals surface area contributed by atoms with Crippen molar-refractivity contribution in [2.45, 2.75) is 32.2 Å². The lowest BCUT2D eigenvalue weighted by Gasteiger charge is -2.21. The molecule has 0 saturated carbocycles. The van der Waals surface area contributed by atoms with Gasteiger partial charge in [-0.2, -0.15) is 0 Å². The van der Waals surface area contributed by atoms with Crippen molar-refractivity contribution in [1.29, 1.82) is 0 Å². The molecule has 138 valence electrons. The van der Waals surface area contributed by atoms with Crippen LogP contribution in [-0.4, -0.2) is 31.1 Å². The molecule has 0 radical (unpaired) electrons. The minimum absolute atomic E-state index is 0.199. The van der Waals surface area contributed by atoms with Gasteiger partial charge in [0.1, 0.15) is 11.6 Å². The normalized spacial score (nSPS) is 14.6. The maximum atomic E-state index is 12.4. The molecule has 2 heterocycles. The van der Waals surface area contributed by atoms with Crippen LogP contribution in [0, 0.1) is 0 Å². The molecule has 2 aromatic rings. The van der Waals surface area contributed by atoms with E-state index in [4.69, 9.17) is 16.3 Å². The number of aromatic nitrogens is 1. The van der Waals surface area contributed by atoms with Gasteiger partial charge in [-0.3, -0.25) is 4.79 Å². The molecular weight excluding hydrogens is 350 g/mol. The van der Waals surface area contributed by atoms with Crippen LogP contribution in [0.1, 0.15) is 41.6 Å². The lowest BCUT2D eigenvalue weighted by atomic mass is 10.2. The van der Waals surface area contributed by atoms with Crippen LogP contribution in [0.3, 0.4) is 0 Å². The highest BCUT2D eigenvalue weighted by Crippen LogP contribution is 2.23. The molecule has 6 heteroatoms. The van der Waals surface area contributed by atoms with Crippen molar-refractivity contribution in [1.82, 2.24) is 10.3 Å². The third kappa shape index (κ3) is 4.67. The third-order valence-electron chi connectivity index (χ3n) is 4.60. The number of amides is 1. The van der Waals surface area contributed by atoms with Crippen molar-refractivity contribution in [3.63, 3.8) is 0 Å². The van der Waals surface area contributed by atoms with E-state index in [1.54, 1.807) is 18.2 Å². The molecule has 1 aromatic carbocycles. The Morgan fingerprint density at radius 2 is 1.96 bits per heavy atom. The summed E-state index contributed by atoms with van der Waals surface area (Å²) in [5.41, 5.74) is 1.43. The van der Waals surface area contributed by atoms with Gasteiger partial charge in [0.2, 0.25) is 0 Å². The largest absolute Gasteiger partial charge is 0.496 e. The average Bonchev–Trinajstić information content (AvgIpc) is 2.96. The van der Waals surface area contributed by atoms with Crippen molar-refractivity contribution in [2.24, 2.45) is 0 Å². The fourth-order valence-corrected chi connectivity index (χ4v) is 3.30. The quantitative estimate of drug-likeness (QED) is 0.858. The monoisotopic (exact) mass is 373 g/mol. The standard InChI is InChI=1S/C20H24ClN3O2/c1-26-18-12-16(21)7-8-17(18)20(25)23-14-15-6-9-19(22-13-15)24-10-4-2-3-5-11-24/h6-9,12-13H,2-5,10-11,14H2,1H3,(H,23,25). The topological polar surface area (TPSA) is 54.5 Å². The molecule has 0 aliphatic carbocycles. The van der Waals surface area contributed by atoms with Crippen LogP contribution < -0.4 is 15.0 Å². The summed E-state index contributed by atoms with van der Waals surface area (Å²) < 4.78 is 5.23. The molecular formula is C20H24ClN3O2. The number of carbonyl (C=O) groups excluding carboxylic acids is 1.